The summed E-state index contributed by atoms with van der Waals surface area (Å²) in [6, 6.07) is 16.7. The highest BCUT2D eigenvalue weighted by Gasteiger charge is 2.48. The quantitative estimate of drug-likeness (QED) is 0.771. The minimum absolute atomic E-state index is 0.148. The molecule has 1 saturated heterocycles. The van der Waals surface area contributed by atoms with Crippen molar-refractivity contribution in [1.82, 2.24) is 4.90 Å². The van der Waals surface area contributed by atoms with Crippen molar-refractivity contribution in [3.8, 4) is 0 Å². The van der Waals surface area contributed by atoms with Crippen LogP contribution in [0.15, 0.2) is 77.7 Å². The first-order valence-electron chi connectivity index (χ1n) is 8.41. The second-order valence-corrected chi connectivity index (χ2v) is 8.19. The van der Waals surface area contributed by atoms with Crippen molar-refractivity contribution in [2.45, 2.75) is 23.1 Å². The largest absolute Gasteiger partial charge is 0.450 e. The molecule has 1 aliphatic heterocycles. The zero-order valence-electron chi connectivity index (χ0n) is 14.5. The van der Waals surface area contributed by atoms with Crippen LogP contribution in [-0.4, -0.2) is 37.8 Å². The number of hydrogen-bond donors (Lipinski definition) is 0. The van der Waals surface area contributed by atoms with Crippen LogP contribution in [0.1, 0.15) is 18.5 Å². The summed E-state index contributed by atoms with van der Waals surface area (Å²) in [6.45, 7) is 6.06. The lowest BCUT2D eigenvalue weighted by atomic mass is 10.0. The van der Waals surface area contributed by atoms with Gasteiger partial charge >= 0.3 is 6.09 Å². The van der Waals surface area contributed by atoms with Crippen LogP contribution < -0.4 is 0 Å². The molecule has 6 heteroatoms. The Labute approximate surface area is 153 Å². The number of hydrogen-bond acceptors (Lipinski definition) is 4. The normalized spacial score (nSPS) is 20.2. The van der Waals surface area contributed by atoms with Gasteiger partial charge in [0.2, 0.25) is 0 Å². The zero-order valence-corrected chi connectivity index (χ0v) is 15.4. The Hall–Kier alpha value is -2.60. The maximum atomic E-state index is 13.3. The molecule has 5 nitrogen and oxygen atoms in total. The number of sulfone groups is 1. The summed E-state index contributed by atoms with van der Waals surface area (Å²) in [7, 11) is -3.72. The standard InChI is InChI=1S/C20H21NO4S/c1-3-25-20(22)21-14-15(2)19(18(21)16-10-6-4-7-11-16)26(23,24)17-12-8-5-9-13-17/h4-13,18-19H,2-3,14H2,1H3/t18-,19+/m1/s1. The van der Waals surface area contributed by atoms with Gasteiger partial charge < -0.3 is 4.74 Å². The third-order valence-electron chi connectivity index (χ3n) is 4.45. The maximum Gasteiger partial charge on any atom is 0.410 e. The molecule has 0 bridgehead atoms. The molecule has 0 saturated carbocycles. The third kappa shape index (κ3) is 3.24. The maximum absolute atomic E-state index is 13.3. The van der Waals surface area contributed by atoms with E-state index in [1.807, 2.05) is 30.3 Å². The minimum Gasteiger partial charge on any atom is -0.450 e. The predicted octanol–water partition coefficient (Wildman–Crippen LogP) is 3.60. The summed E-state index contributed by atoms with van der Waals surface area (Å²) >= 11 is 0. The van der Waals surface area contributed by atoms with E-state index in [0.717, 1.165) is 5.56 Å². The number of ether oxygens (including phenoxy) is 1. The Bertz CT molecular complexity index is 894. The molecule has 26 heavy (non-hydrogen) atoms. The molecule has 1 fully saturated rings. The van der Waals surface area contributed by atoms with E-state index in [-0.39, 0.29) is 18.0 Å². The molecule has 1 amide bonds. The van der Waals surface area contributed by atoms with Crippen molar-refractivity contribution in [3.05, 3.63) is 78.4 Å². The molecule has 0 N–H and O–H groups in total. The molecule has 2 aromatic carbocycles. The van der Waals surface area contributed by atoms with E-state index in [0.29, 0.717) is 5.57 Å². The first kappa shape index (κ1) is 18.2. The second-order valence-electron chi connectivity index (χ2n) is 6.12. The first-order valence-corrected chi connectivity index (χ1v) is 9.96. The topological polar surface area (TPSA) is 63.7 Å². The number of rotatable bonds is 4. The van der Waals surface area contributed by atoms with Gasteiger partial charge in [0.15, 0.2) is 9.84 Å². The molecule has 0 aliphatic carbocycles. The Morgan fingerprint density at radius 1 is 1.12 bits per heavy atom. The lowest BCUT2D eigenvalue weighted by molar-refractivity contribution is 0.103. The van der Waals surface area contributed by atoms with Crippen molar-refractivity contribution in [2.75, 3.05) is 13.2 Å². The molecule has 3 rings (SSSR count). The van der Waals surface area contributed by atoms with E-state index < -0.39 is 27.2 Å². The molecular formula is C20H21NO4S. The summed E-state index contributed by atoms with van der Waals surface area (Å²) in [6.07, 6.45) is -0.534. The molecule has 0 spiro atoms. The van der Waals surface area contributed by atoms with Gasteiger partial charge in [-0.15, -0.1) is 0 Å². The van der Waals surface area contributed by atoms with Crippen LogP contribution in [0.25, 0.3) is 0 Å². The van der Waals surface area contributed by atoms with Crippen LogP contribution in [0.5, 0.6) is 0 Å². The number of carbonyl (C=O) groups excluding carboxylic acids is 1. The fourth-order valence-electron chi connectivity index (χ4n) is 3.33. The van der Waals surface area contributed by atoms with E-state index in [4.69, 9.17) is 4.74 Å². The van der Waals surface area contributed by atoms with Gasteiger partial charge in [-0.25, -0.2) is 13.2 Å². The van der Waals surface area contributed by atoms with E-state index in [9.17, 15) is 13.2 Å². The molecular weight excluding hydrogens is 350 g/mol. The van der Waals surface area contributed by atoms with Crippen LogP contribution in [0, 0.1) is 0 Å². The lowest BCUT2D eigenvalue weighted by Crippen LogP contribution is -2.36. The number of carbonyl (C=O) groups is 1. The molecule has 2 atom stereocenters. The van der Waals surface area contributed by atoms with Gasteiger partial charge in [-0.3, -0.25) is 4.90 Å². The van der Waals surface area contributed by atoms with E-state index in [2.05, 4.69) is 6.58 Å². The number of likely N-dealkylation sites (tertiary alicyclic amines) is 1. The first-order chi connectivity index (χ1) is 12.5. The van der Waals surface area contributed by atoms with Gasteiger partial charge in [0.05, 0.1) is 17.5 Å². The van der Waals surface area contributed by atoms with Crippen LogP contribution in [0.4, 0.5) is 4.79 Å². The van der Waals surface area contributed by atoms with Crippen molar-refractivity contribution in [2.24, 2.45) is 0 Å². The second kappa shape index (κ2) is 7.33. The molecule has 2 aromatic rings. The van der Waals surface area contributed by atoms with Crippen LogP contribution in [0.3, 0.4) is 0 Å². The predicted molar refractivity (Wildman–Crippen MR) is 99.5 cm³/mol. The summed E-state index contributed by atoms with van der Waals surface area (Å²) in [5.41, 5.74) is 1.22. The number of nitrogens with zero attached hydrogens (tertiary/aromatic N) is 1. The van der Waals surface area contributed by atoms with E-state index in [1.165, 1.54) is 4.90 Å². The minimum atomic E-state index is -3.72. The molecule has 0 aromatic heterocycles. The highest BCUT2D eigenvalue weighted by Crippen LogP contribution is 2.41. The highest BCUT2D eigenvalue weighted by atomic mass is 32.2. The summed E-state index contributed by atoms with van der Waals surface area (Å²) in [5, 5.41) is -0.920. The summed E-state index contributed by atoms with van der Waals surface area (Å²) in [5.74, 6) is 0. The van der Waals surface area contributed by atoms with Gasteiger partial charge in [0.1, 0.15) is 5.25 Å². The number of amides is 1. The highest BCUT2D eigenvalue weighted by molar-refractivity contribution is 7.92. The fraction of sp³-hybridized carbons (Fsp3) is 0.250. The Kier molecular flexibility index (Phi) is 5.13. The Morgan fingerprint density at radius 2 is 1.69 bits per heavy atom. The Morgan fingerprint density at radius 3 is 2.27 bits per heavy atom. The van der Waals surface area contributed by atoms with Crippen molar-refractivity contribution >= 4 is 15.9 Å². The van der Waals surface area contributed by atoms with Gasteiger partial charge in [-0.2, -0.15) is 0 Å². The van der Waals surface area contributed by atoms with E-state index in [1.54, 1.807) is 37.3 Å². The number of benzene rings is 2. The molecule has 0 radical (unpaired) electrons. The molecule has 1 aliphatic rings. The smallest absolute Gasteiger partial charge is 0.410 e. The Balaban J connectivity index is 2.10. The van der Waals surface area contributed by atoms with Gasteiger partial charge in [0, 0.05) is 6.54 Å². The van der Waals surface area contributed by atoms with Crippen LogP contribution >= 0.6 is 0 Å². The van der Waals surface area contributed by atoms with Gasteiger partial charge in [-0.05, 0) is 30.2 Å². The fourth-order valence-corrected chi connectivity index (χ4v) is 5.32. The van der Waals surface area contributed by atoms with Crippen LogP contribution in [-0.2, 0) is 14.6 Å². The molecule has 0 unspecified atom stereocenters. The van der Waals surface area contributed by atoms with Crippen molar-refractivity contribution in [3.63, 3.8) is 0 Å². The average Bonchev–Trinajstić information content (AvgIpc) is 3.01. The van der Waals surface area contributed by atoms with Crippen LogP contribution in [0.2, 0.25) is 0 Å². The van der Waals surface area contributed by atoms with Crippen molar-refractivity contribution < 1.29 is 17.9 Å². The van der Waals surface area contributed by atoms with Gasteiger partial charge in [0.25, 0.3) is 0 Å². The SMILES string of the molecule is C=C1CN(C(=O)OCC)[C@H](c2ccccc2)[C@H]1S(=O)(=O)c1ccccc1. The summed E-state index contributed by atoms with van der Waals surface area (Å²) in [4.78, 5) is 14.1. The summed E-state index contributed by atoms with van der Waals surface area (Å²) < 4.78 is 31.8. The van der Waals surface area contributed by atoms with Gasteiger partial charge in [-0.1, -0.05) is 55.1 Å². The zero-order chi connectivity index (χ0) is 18.7. The lowest BCUT2D eigenvalue weighted by Gasteiger charge is -2.27. The average molecular weight is 371 g/mol. The van der Waals surface area contributed by atoms with E-state index >= 15 is 0 Å². The third-order valence-corrected chi connectivity index (χ3v) is 6.64. The molecule has 1 heterocycles. The van der Waals surface area contributed by atoms with Crippen molar-refractivity contribution in [1.29, 1.82) is 0 Å². The monoisotopic (exact) mass is 371 g/mol. The molecule has 136 valence electrons.